The van der Waals surface area contributed by atoms with Crippen molar-refractivity contribution in [3.63, 3.8) is 0 Å². The van der Waals surface area contributed by atoms with E-state index in [1.54, 1.807) is 18.2 Å². The minimum atomic E-state index is 0.550. The molecule has 0 spiro atoms. The van der Waals surface area contributed by atoms with Crippen molar-refractivity contribution < 1.29 is 9.53 Å². The van der Waals surface area contributed by atoms with Gasteiger partial charge in [0.05, 0.1) is 12.2 Å². The molecule has 0 saturated carbocycles. The number of ether oxygens (including phenoxy) is 1. The summed E-state index contributed by atoms with van der Waals surface area (Å²) in [5.74, 6) is 0.550. The Labute approximate surface area is 72.2 Å². The summed E-state index contributed by atoms with van der Waals surface area (Å²) < 4.78 is 5.29. The average Bonchev–Trinajstić information content (AvgIpc) is 2.15. The third-order valence-electron chi connectivity index (χ3n) is 1.43. The van der Waals surface area contributed by atoms with E-state index in [0.717, 1.165) is 12.7 Å². The lowest BCUT2D eigenvalue weighted by atomic mass is 10.2. The van der Waals surface area contributed by atoms with Crippen LogP contribution in [0.2, 0.25) is 0 Å². The summed E-state index contributed by atoms with van der Waals surface area (Å²) >= 11 is 0. The molecule has 0 atom stereocenters. The lowest BCUT2D eigenvalue weighted by Gasteiger charge is -2.04. The molecule has 0 aliphatic heterocycles. The zero-order valence-corrected chi connectivity index (χ0v) is 7.04. The van der Waals surface area contributed by atoms with Crippen LogP contribution in [-0.2, 0) is 0 Å². The van der Waals surface area contributed by atoms with Crippen molar-refractivity contribution in [2.24, 2.45) is 0 Å². The van der Waals surface area contributed by atoms with E-state index in [-0.39, 0.29) is 0 Å². The summed E-state index contributed by atoms with van der Waals surface area (Å²) in [4.78, 5) is 10.5. The normalized spacial score (nSPS) is 9.42. The lowest BCUT2D eigenvalue weighted by Crippen LogP contribution is -1.97. The number of para-hydroxylation sites is 1. The molecule has 0 aromatic heterocycles. The largest absolute Gasteiger partial charge is 0.492 e. The van der Waals surface area contributed by atoms with E-state index in [1.807, 2.05) is 6.92 Å². The van der Waals surface area contributed by atoms with Crippen LogP contribution in [0.4, 0.5) is 0 Å². The van der Waals surface area contributed by atoms with Crippen LogP contribution in [0.15, 0.2) is 18.2 Å². The second-order valence-electron chi connectivity index (χ2n) is 2.42. The topological polar surface area (TPSA) is 26.3 Å². The summed E-state index contributed by atoms with van der Waals surface area (Å²) in [7, 11) is 0. The van der Waals surface area contributed by atoms with Crippen molar-refractivity contribution in [1.29, 1.82) is 0 Å². The molecular formula is C10H11O2. The maximum Gasteiger partial charge on any atom is 0.153 e. The molecule has 0 unspecified atom stereocenters. The van der Waals surface area contributed by atoms with Crippen molar-refractivity contribution in [3.8, 4) is 5.75 Å². The van der Waals surface area contributed by atoms with Gasteiger partial charge >= 0.3 is 0 Å². The SMILES string of the molecule is CCCOc1[c]cccc1C=O. The highest BCUT2D eigenvalue weighted by atomic mass is 16.5. The molecule has 0 amide bonds. The first-order valence-corrected chi connectivity index (χ1v) is 3.97. The quantitative estimate of drug-likeness (QED) is 0.635. The van der Waals surface area contributed by atoms with Crippen molar-refractivity contribution in [2.45, 2.75) is 13.3 Å². The maximum absolute atomic E-state index is 10.5. The van der Waals surface area contributed by atoms with Gasteiger partial charge in [-0.25, -0.2) is 0 Å². The molecular weight excluding hydrogens is 152 g/mol. The molecule has 0 bridgehead atoms. The van der Waals surface area contributed by atoms with Crippen LogP contribution in [-0.4, -0.2) is 12.9 Å². The molecule has 1 rings (SSSR count). The van der Waals surface area contributed by atoms with E-state index in [0.29, 0.717) is 17.9 Å². The van der Waals surface area contributed by atoms with E-state index in [4.69, 9.17) is 4.74 Å². The molecule has 0 saturated heterocycles. The Bertz CT molecular complexity index is 256. The van der Waals surface area contributed by atoms with E-state index in [1.165, 1.54) is 0 Å². The Morgan fingerprint density at radius 1 is 1.67 bits per heavy atom. The highest BCUT2D eigenvalue weighted by Crippen LogP contribution is 2.14. The molecule has 1 radical (unpaired) electrons. The van der Waals surface area contributed by atoms with Crippen LogP contribution in [0.5, 0.6) is 5.75 Å². The van der Waals surface area contributed by atoms with E-state index in [9.17, 15) is 4.79 Å². The summed E-state index contributed by atoms with van der Waals surface area (Å²) in [6.07, 6.45) is 1.71. The Hall–Kier alpha value is -1.31. The molecule has 0 N–H and O–H groups in total. The van der Waals surface area contributed by atoms with Crippen molar-refractivity contribution in [2.75, 3.05) is 6.61 Å². The molecule has 0 aliphatic carbocycles. The zero-order chi connectivity index (χ0) is 8.81. The number of hydrogen-bond acceptors (Lipinski definition) is 2. The van der Waals surface area contributed by atoms with Gasteiger partial charge in [0.15, 0.2) is 6.29 Å². The number of benzene rings is 1. The Kier molecular flexibility index (Phi) is 3.33. The molecule has 0 aliphatic rings. The number of aldehydes is 1. The predicted molar refractivity (Wildman–Crippen MR) is 46.5 cm³/mol. The van der Waals surface area contributed by atoms with Gasteiger partial charge < -0.3 is 4.74 Å². The van der Waals surface area contributed by atoms with Crippen molar-refractivity contribution in [1.82, 2.24) is 0 Å². The highest BCUT2D eigenvalue weighted by Gasteiger charge is 1.99. The zero-order valence-electron chi connectivity index (χ0n) is 7.04. The fraction of sp³-hybridized carbons (Fsp3) is 0.300. The van der Waals surface area contributed by atoms with Gasteiger partial charge in [0.1, 0.15) is 5.75 Å². The Morgan fingerprint density at radius 3 is 3.17 bits per heavy atom. The molecule has 2 heteroatoms. The smallest absolute Gasteiger partial charge is 0.153 e. The average molecular weight is 163 g/mol. The van der Waals surface area contributed by atoms with E-state index in [2.05, 4.69) is 6.07 Å². The fourth-order valence-electron chi connectivity index (χ4n) is 0.857. The van der Waals surface area contributed by atoms with Gasteiger partial charge in [0.2, 0.25) is 0 Å². The summed E-state index contributed by atoms with van der Waals surface area (Å²) in [5, 5.41) is 0. The first-order valence-electron chi connectivity index (χ1n) is 3.97. The van der Waals surface area contributed by atoms with Gasteiger partial charge in [-0.1, -0.05) is 19.1 Å². The van der Waals surface area contributed by atoms with Crippen LogP contribution in [0.25, 0.3) is 0 Å². The minimum Gasteiger partial charge on any atom is -0.492 e. The summed E-state index contributed by atoms with van der Waals surface area (Å²) in [5.41, 5.74) is 0.561. The number of carbonyl (C=O) groups is 1. The second-order valence-corrected chi connectivity index (χ2v) is 2.42. The van der Waals surface area contributed by atoms with Gasteiger partial charge in [-0.15, -0.1) is 0 Å². The minimum absolute atomic E-state index is 0.550. The fourth-order valence-corrected chi connectivity index (χ4v) is 0.857. The summed E-state index contributed by atoms with van der Waals surface area (Å²) in [6, 6.07) is 8.09. The van der Waals surface area contributed by atoms with Crippen molar-refractivity contribution >= 4 is 6.29 Å². The monoisotopic (exact) mass is 163 g/mol. The molecule has 63 valence electrons. The van der Waals surface area contributed by atoms with Crippen LogP contribution in [0, 0.1) is 6.07 Å². The molecule has 2 nitrogen and oxygen atoms in total. The van der Waals surface area contributed by atoms with Crippen LogP contribution >= 0.6 is 0 Å². The van der Waals surface area contributed by atoms with E-state index < -0.39 is 0 Å². The predicted octanol–water partition coefficient (Wildman–Crippen LogP) is 2.09. The lowest BCUT2D eigenvalue weighted by molar-refractivity contribution is 0.111. The standard InChI is InChI=1S/C10H11O2/c1-2-7-12-10-6-4-3-5-9(10)8-11/h3-5,8H,2,7H2,1H3. The summed E-state index contributed by atoms with van der Waals surface area (Å²) in [6.45, 7) is 2.64. The number of carbonyl (C=O) groups excluding carboxylic acids is 1. The maximum atomic E-state index is 10.5. The van der Waals surface area contributed by atoms with Gasteiger partial charge in [-0.2, -0.15) is 0 Å². The molecule has 1 aromatic rings. The first-order chi connectivity index (χ1) is 5.88. The van der Waals surface area contributed by atoms with Gasteiger partial charge in [0.25, 0.3) is 0 Å². The molecule has 0 fully saturated rings. The van der Waals surface area contributed by atoms with Crippen LogP contribution in [0.3, 0.4) is 0 Å². The first kappa shape index (κ1) is 8.78. The third kappa shape index (κ3) is 2.09. The molecule has 1 aromatic carbocycles. The highest BCUT2D eigenvalue weighted by molar-refractivity contribution is 5.78. The Balaban J connectivity index is 2.75. The van der Waals surface area contributed by atoms with Gasteiger partial charge in [-0.3, -0.25) is 4.79 Å². The number of rotatable bonds is 4. The Morgan fingerprint density at radius 2 is 2.50 bits per heavy atom. The molecule has 12 heavy (non-hydrogen) atoms. The van der Waals surface area contributed by atoms with Crippen molar-refractivity contribution in [3.05, 3.63) is 29.8 Å². The van der Waals surface area contributed by atoms with Gasteiger partial charge in [0, 0.05) is 6.07 Å². The van der Waals surface area contributed by atoms with Crippen LogP contribution in [0.1, 0.15) is 23.7 Å². The van der Waals surface area contributed by atoms with E-state index >= 15 is 0 Å². The second kappa shape index (κ2) is 4.54. The van der Waals surface area contributed by atoms with Gasteiger partial charge in [-0.05, 0) is 12.5 Å². The molecule has 0 heterocycles. The number of hydrogen-bond donors (Lipinski definition) is 0. The van der Waals surface area contributed by atoms with Crippen LogP contribution < -0.4 is 4.74 Å². The third-order valence-corrected chi connectivity index (χ3v) is 1.43.